The molecule has 0 unspecified atom stereocenters. The zero-order chi connectivity index (χ0) is 42.2. The second-order valence-corrected chi connectivity index (χ2v) is 13.1. The number of thioether (sulfide) groups is 1. The van der Waals surface area contributed by atoms with E-state index in [1.54, 1.807) is 11.0 Å². The molecule has 1 fully saturated rings. The molecule has 0 N–H and O–H groups in total. The summed E-state index contributed by atoms with van der Waals surface area (Å²) >= 11 is 0.792. The van der Waals surface area contributed by atoms with Crippen molar-refractivity contribution in [2.45, 2.75) is 48.8 Å². The summed E-state index contributed by atoms with van der Waals surface area (Å²) in [5, 5.41) is -0.0571. The second kappa shape index (κ2) is 16.4. The lowest BCUT2D eigenvalue weighted by molar-refractivity contribution is -0.137. The van der Waals surface area contributed by atoms with E-state index < -0.39 is 60.3 Å². The minimum Gasteiger partial charge on any atom is -0.383 e. The number of para-hydroxylation sites is 1. The molecule has 0 radical (unpaired) electrons. The van der Waals surface area contributed by atoms with Crippen LogP contribution in [0.3, 0.4) is 0 Å². The van der Waals surface area contributed by atoms with Crippen molar-refractivity contribution in [1.82, 2.24) is 14.4 Å². The third kappa shape index (κ3) is 8.74. The van der Waals surface area contributed by atoms with Gasteiger partial charge in [0.25, 0.3) is 0 Å². The molecule has 0 bridgehead atoms. The Morgan fingerprint density at radius 1 is 0.942 bits per heavy atom. The quantitative estimate of drug-likeness (QED) is 0.0951. The molecule has 0 atom stereocenters. The Kier molecular flexibility index (Phi) is 9.48. The van der Waals surface area contributed by atoms with Gasteiger partial charge in [-0.25, -0.2) is 8.78 Å². The van der Waals surface area contributed by atoms with Crippen LogP contribution in [-0.2, 0) is 34.5 Å². The van der Waals surface area contributed by atoms with Crippen molar-refractivity contribution < 1.29 is 39.7 Å². The highest BCUT2D eigenvalue weighted by molar-refractivity contribution is 7.98. The number of halogens is 5. The van der Waals surface area contributed by atoms with Crippen LogP contribution in [-0.4, -0.2) is 59.6 Å². The maximum absolute atomic E-state index is 15.0. The van der Waals surface area contributed by atoms with Crippen molar-refractivity contribution in [3.63, 3.8) is 0 Å². The van der Waals surface area contributed by atoms with Gasteiger partial charge in [0.2, 0.25) is 5.91 Å². The van der Waals surface area contributed by atoms with Crippen molar-refractivity contribution in [2.75, 3.05) is 33.3 Å². The SMILES string of the molecule is [2H]C([2H])(CN1CCC(N(C(=O)C([2H])([2H])n2c(SCc3cccc(F)c3F)cc(=O)c3ccccc32)C([2H])([2H])c2ccc(-c3ccc(C(F)(F)F)cc3)cc2)CC1)OC. The molecule has 12 heteroatoms. The van der Waals surface area contributed by atoms with Gasteiger partial charge >= 0.3 is 6.18 Å². The first kappa shape index (κ1) is 30.0. The summed E-state index contributed by atoms with van der Waals surface area (Å²) in [6, 6.07) is 19.8. The van der Waals surface area contributed by atoms with E-state index >= 15 is 4.79 Å². The van der Waals surface area contributed by atoms with E-state index in [9.17, 15) is 32.2 Å². The van der Waals surface area contributed by atoms with Gasteiger partial charge in [-0.15, -0.1) is 11.8 Å². The summed E-state index contributed by atoms with van der Waals surface area (Å²) in [5.74, 6) is -3.80. The lowest BCUT2D eigenvalue weighted by atomic mass is 10.00. The van der Waals surface area contributed by atoms with Crippen LogP contribution < -0.4 is 5.43 Å². The number of pyridine rings is 1. The molecule has 0 saturated carbocycles. The van der Waals surface area contributed by atoms with Crippen molar-refractivity contribution in [3.05, 3.63) is 136 Å². The third-order valence-electron chi connectivity index (χ3n) is 8.75. The number of fused-ring (bicyclic) bond motifs is 1. The molecule has 1 amide bonds. The number of rotatable bonds is 12. The predicted octanol–water partition coefficient (Wildman–Crippen LogP) is 8.40. The Morgan fingerprint density at radius 3 is 2.29 bits per heavy atom. The Morgan fingerprint density at radius 2 is 1.62 bits per heavy atom. The molecule has 1 saturated heterocycles. The second-order valence-electron chi connectivity index (χ2n) is 12.1. The normalized spacial score (nSPS) is 16.7. The molecular weight excluding hydrogens is 698 g/mol. The first-order valence-corrected chi connectivity index (χ1v) is 17.3. The maximum Gasteiger partial charge on any atom is 0.416 e. The summed E-state index contributed by atoms with van der Waals surface area (Å²) in [4.78, 5) is 30.9. The summed E-state index contributed by atoms with van der Waals surface area (Å²) in [7, 11) is 1.23. The minimum atomic E-state index is -4.54. The average molecular weight is 742 g/mol. The average Bonchev–Trinajstić information content (AvgIpc) is 3.18. The first-order chi connectivity index (χ1) is 27.2. The van der Waals surface area contributed by atoms with Gasteiger partial charge < -0.3 is 19.1 Å². The Labute approximate surface area is 311 Å². The van der Waals surface area contributed by atoms with E-state index in [2.05, 4.69) is 0 Å². The van der Waals surface area contributed by atoms with Gasteiger partial charge in [0, 0.05) is 62.1 Å². The third-order valence-corrected chi connectivity index (χ3v) is 9.81. The monoisotopic (exact) mass is 741 g/mol. The molecule has 6 rings (SSSR count). The molecule has 1 aromatic heterocycles. The molecule has 0 aliphatic carbocycles. The number of benzene rings is 4. The summed E-state index contributed by atoms with van der Waals surface area (Å²) in [6.45, 7) is -7.51. The van der Waals surface area contributed by atoms with Gasteiger partial charge in [0.1, 0.15) is 6.50 Å². The summed E-state index contributed by atoms with van der Waals surface area (Å²) in [6.07, 6.45) is -4.32. The van der Waals surface area contributed by atoms with Gasteiger partial charge in [0.05, 0.1) is 30.9 Å². The molecule has 1 aliphatic rings. The summed E-state index contributed by atoms with van der Waals surface area (Å²) in [5.41, 5.74) is -0.637. The minimum absolute atomic E-state index is 0.00594. The first-order valence-electron chi connectivity index (χ1n) is 19.3. The van der Waals surface area contributed by atoms with Crippen LogP contribution in [0.4, 0.5) is 22.0 Å². The number of likely N-dealkylation sites (tertiary alicyclic amines) is 1. The topological polar surface area (TPSA) is 54.8 Å². The van der Waals surface area contributed by atoms with Crippen LogP contribution in [0.1, 0.15) is 37.8 Å². The molecule has 2 heterocycles. The molecular formula is C40H38F5N3O3S. The molecule has 4 aromatic carbocycles. The highest BCUT2D eigenvalue weighted by Gasteiger charge is 2.31. The number of hydrogen-bond acceptors (Lipinski definition) is 5. The number of carbonyl (C=O) groups excluding carboxylic acids is 1. The van der Waals surface area contributed by atoms with Gasteiger partial charge in [-0.1, -0.05) is 60.7 Å². The lowest BCUT2D eigenvalue weighted by Gasteiger charge is -2.39. The van der Waals surface area contributed by atoms with Crippen molar-refractivity contribution >= 4 is 28.6 Å². The van der Waals surface area contributed by atoms with Crippen molar-refractivity contribution in [1.29, 1.82) is 0 Å². The van der Waals surface area contributed by atoms with E-state index in [0.29, 0.717) is 11.1 Å². The maximum atomic E-state index is 15.0. The number of aromatic nitrogens is 1. The zero-order valence-corrected chi connectivity index (χ0v) is 28.7. The van der Waals surface area contributed by atoms with Crippen LogP contribution in [0, 0.1) is 11.6 Å². The predicted molar refractivity (Wildman–Crippen MR) is 193 cm³/mol. The fourth-order valence-electron chi connectivity index (χ4n) is 5.96. The number of nitrogens with zero attached hydrogens (tertiary/aromatic N) is 3. The highest BCUT2D eigenvalue weighted by atomic mass is 32.2. The number of amides is 1. The van der Waals surface area contributed by atoms with E-state index in [1.807, 2.05) is 0 Å². The number of ether oxygens (including phenoxy) is 1. The van der Waals surface area contributed by atoms with Crippen LogP contribution >= 0.6 is 11.8 Å². The fraction of sp³-hybridized carbons (Fsp3) is 0.300. The van der Waals surface area contributed by atoms with Gasteiger partial charge in [-0.2, -0.15) is 13.2 Å². The number of alkyl halides is 3. The number of carbonyl (C=O) groups is 1. The highest BCUT2D eigenvalue weighted by Crippen LogP contribution is 2.32. The number of piperidine rings is 1. The van der Waals surface area contributed by atoms with Crippen molar-refractivity contribution in [3.8, 4) is 11.1 Å². The van der Waals surface area contributed by atoms with E-state index in [0.717, 1.165) is 45.5 Å². The van der Waals surface area contributed by atoms with Crippen LogP contribution in [0.5, 0.6) is 0 Å². The van der Waals surface area contributed by atoms with Gasteiger partial charge in [-0.05, 0) is 59.9 Å². The Hall–Kier alpha value is -4.52. The van der Waals surface area contributed by atoms with Crippen LogP contribution in [0.15, 0.2) is 107 Å². The van der Waals surface area contributed by atoms with E-state index in [-0.39, 0.29) is 65.3 Å². The molecule has 6 nitrogen and oxygen atoms in total. The van der Waals surface area contributed by atoms with Crippen molar-refractivity contribution in [2.24, 2.45) is 0 Å². The Bertz CT molecular complexity index is 2340. The lowest BCUT2D eigenvalue weighted by Crippen LogP contribution is -2.48. The Balaban J connectivity index is 1.41. The van der Waals surface area contributed by atoms with E-state index in [4.69, 9.17) is 7.48 Å². The molecule has 272 valence electrons. The number of methoxy groups -OCH3 is 1. The molecule has 1 aliphatic heterocycles. The largest absolute Gasteiger partial charge is 0.416 e. The molecule has 5 aromatic rings. The molecule has 52 heavy (non-hydrogen) atoms. The van der Waals surface area contributed by atoms with Crippen LogP contribution in [0.2, 0.25) is 0 Å². The summed E-state index contributed by atoms with van der Waals surface area (Å²) < 4.78 is 128. The van der Waals surface area contributed by atoms with E-state index in [1.165, 1.54) is 73.8 Å². The van der Waals surface area contributed by atoms with Gasteiger partial charge in [0.15, 0.2) is 17.1 Å². The standard InChI is InChI=1S/C40H38F5N3O3S/c1-51-22-21-46-19-17-32(18-20-46)47(24-27-9-11-28(12-10-27)29-13-15-31(16-14-29)40(43,44)45)37(50)25-48-35-8-3-2-6-33(35)36(49)23-38(48)52-26-30-5-4-7-34(41)39(30)42/h2-16,23,32H,17-22,24-26H2,1H3/i22D2,24D2,25D2. The molecule has 0 spiro atoms. The smallest absolute Gasteiger partial charge is 0.383 e. The zero-order valence-electron chi connectivity index (χ0n) is 33.9. The fourth-order valence-corrected chi connectivity index (χ4v) is 6.95. The van der Waals surface area contributed by atoms with Crippen LogP contribution in [0.25, 0.3) is 22.0 Å². The number of hydrogen-bond donors (Lipinski definition) is 0. The van der Waals surface area contributed by atoms with Gasteiger partial charge in [-0.3, -0.25) is 9.59 Å².